The standard InChI is InChI=1S/C23H23N3O3/c1-14-7-8-16(12-15(14)2)25-22-21-18(6-5-11-24-21)23(27)26(22)19-13-17(28-3)9-10-20(19)29-4/h5-13,22,25H,1-4H3. The van der Waals surface area contributed by atoms with Crippen LogP contribution in [0.3, 0.4) is 0 Å². The predicted molar refractivity (Wildman–Crippen MR) is 113 cm³/mol. The summed E-state index contributed by atoms with van der Waals surface area (Å²) in [7, 11) is 3.18. The Morgan fingerprint density at radius 1 is 1.00 bits per heavy atom. The SMILES string of the molecule is COc1ccc(OC)c(N2C(=O)c3cccnc3C2Nc2ccc(C)c(C)c2)c1. The maximum Gasteiger partial charge on any atom is 0.262 e. The number of hydrogen-bond donors (Lipinski definition) is 1. The van der Waals surface area contributed by atoms with Crippen LogP contribution in [-0.4, -0.2) is 25.1 Å². The first-order valence-electron chi connectivity index (χ1n) is 9.37. The lowest BCUT2D eigenvalue weighted by molar-refractivity contribution is 0.0992. The average molecular weight is 389 g/mol. The van der Waals surface area contributed by atoms with E-state index in [0.717, 1.165) is 5.69 Å². The zero-order chi connectivity index (χ0) is 20.5. The van der Waals surface area contributed by atoms with Crippen LogP contribution in [0.1, 0.15) is 33.3 Å². The van der Waals surface area contributed by atoms with Gasteiger partial charge in [0.2, 0.25) is 0 Å². The van der Waals surface area contributed by atoms with Crippen molar-refractivity contribution in [2.45, 2.75) is 20.0 Å². The molecule has 6 heteroatoms. The number of carbonyl (C=O) groups excluding carboxylic acids is 1. The second-order valence-electron chi connectivity index (χ2n) is 7.00. The third-order valence-corrected chi connectivity index (χ3v) is 5.26. The van der Waals surface area contributed by atoms with Crippen LogP contribution in [0.2, 0.25) is 0 Å². The number of aromatic nitrogens is 1. The van der Waals surface area contributed by atoms with Gasteiger partial charge in [0, 0.05) is 18.0 Å². The number of rotatable bonds is 5. The van der Waals surface area contributed by atoms with Gasteiger partial charge in [0.1, 0.15) is 11.5 Å². The Hall–Kier alpha value is -3.54. The largest absolute Gasteiger partial charge is 0.497 e. The molecule has 2 heterocycles. The molecule has 0 aliphatic carbocycles. The molecule has 4 rings (SSSR count). The molecule has 1 unspecified atom stereocenters. The Kier molecular flexibility index (Phi) is 4.84. The Labute approximate surface area is 170 Å². The molecule has 148 valence electrons. The van der Waals surface area contributed by atoms with Crippen molar-refractivity contribution < 1.29 is 14.3 Å². The van der Waals surface area contributed by atoms with Crippen LogP contribution in [0.5, 0.6) is 11.5 Å². The molecule has 0 spiro atoms. The number of pyridine rings is 1. The quantitative estimate of drug-likeness (QED) is 0.697. The summed E-state index contributed by atoms with van der Waals surface area (Å²) < 4.78 is 10.9. The monoisotopic (exact) mass is 389 g/mol. The van der Waals surface area contributed by atoms with Gasteiger partial charge in [-0.3, -0.25) is 14.7 Å². The van der Waals surface area contributed by atoms with E-state index in [2.05, 4.69) is 36.3 Å². The highest BCUT2D eigenvalue weighted by atomic mass is 16.5. The van der Waals surface area contributed by atoms with Crippen molar-refractivity contribution in [2.24, 2.45) is 0 Å². The van der Waals surface area contributed by atoms with E-state index in [4.69, 9.17) is 9.47 Å². The summed E-state index contributed by atoms with van der Waals surface area (Å²) >= 11 is 0. The van der Waals surface area contributed by atoms with E-state index in [1.54, 1.807) is 55.6 Å². The van der Waals surface area contributed by atoms with Crippen LogP contribution in [0.15, 0.2) is 54.7 Å². The van der Waals surface area contributed by atoms with Crippen LogP contribution in [-0.2, 0) is 0 Å². The summed E-state index contributed by atoms with van der Waals surface area (Å²) in [5.74, 6) is 1.09. The van der Waals surface area contributed by atoms with Crippen LogP contribution < -0.4 is 19.7 Å². The highest BCUT2D eigenvalue weighted by Crippen LogP contribution is 2.42. The van der Waals surface area contributed by atoms with E-state index in [9.17, 15) is 4.79 Å². The fraction of sp³-hybridized carbons (Fsp3) is 0.217. The van der Waals surface area contributed by atoms with E-state index in [-0.39, 0.29) is 5.91 Å². The third kappa shape index (κ3) is 3.27. The fourth-order valence-electron chi connectivity index (χ4n) is 3.54. The van der Waals surface area contributed by atoms with E-state index in [0.29, 0.717) is 28.4 Å². The van der Waals surface area contributed by atoms with Gasteiger partial charge in [-0.1, -0.05) is 6.07 Å². The second-order valence-corrected chi connectivity index (χ2v) is 7.00. The van der Waals surface area contributed by atoms with Crippen LogP contribution in [0, 0.1) is 13.8 Å². The molecule has 1 N–H and O–H groups in total. The number of nitrogens with zero attached hydrogens (tertiary/aromatic N) is 2. The number of hydrogen-bond acceptors (Lipinski definition) is 5. The number of aryl methyl sites for hydroxylation is 2. The van der Waals surface area contributed by atoms with E-state index in [1.165, 1.54) is 11.1 Å². The average Bonchev–Trinajstić information content (AvgIpc) is 3.02. The molecule has 1 aliphatic rings. The smallest absolute Gasteiger partial charge is 0.262 e. The van der Waals surface area contributed by atoms with E-state index in [1.807, 2.05) is 6.07 Å². The molecule has 3 aromatic rings. The molecular formula is C23H23N3O3. The maximum absolute atomic E-state index is 13.3. The van der Waals surface area contributed by atoms with Crippen molar-refractivity contribution in [3.05, 3.63) is 77.1 Å². The minimum absolute atomic E-state index is 0.138. The summed E-state index contributed by atoms with van der Waals surface area (Å²) in [6, 6.07) is 15.1. The highest BCUT2D eigenvalue weighted by Gasteiger charge is 2.40. The van der Waals surface area contributed by atoms with Gasteiger partial charge >= 0.3 is 0 Å². The normalized spacial score (nSPS) is 15.2. The summed E-state index contributed by atoms with van der Waals surface area (Å²) in [6.45, 7) is 4.14. The van der Waals surface area contributed by atoms with E-state index >= 15 is 0 Å². The molecule has 1 atom stereocenters. The fourth-order valence-corrected chi connectivity index (χ4v) is 3.54. The summed E-state index contributed by atoms with van der Waals surface area (Å²) in [5, 5.41) is 3.48. The van der Waals surface area contributed by atoms with Gasteiger partial charge < -0.3 is 14.8 Å². The van der Waals surface area contributed by atoms with Gasteiger partial charge in [0.05, 0.1) is 31.2 Å². The molecule has 1 aliphatic heterocycles. The Morgan fingerprint density at radius 2 is 1.83 bits per heavy atom. The number of anilines is 2. The Balaban J connectivity index is 1.83. The first kappa shape index (κ1) is 18.8. The number of methoxy groups -OCH3 is 2. The lowest BCUT2D eigenvalue weighted by atomic mass is 10.1. The van der Waals surface area contributed by atoms with Crippen LogP contribution >= 0.6 is 0 Å². The van der Waals surface area contributed by atoms with Gasteiger partial charge in [-0.25, -0.2) is 0 Å². The predicted octanol–water partition coefficient (Wildman–Crippen LogP) is 4.49. The van der Waals surface area contributed by atoms with Crippen molar-refractivity contribution in [3.8, 4) is 11.5 Å². The number of amides is 1. The van der Waals surface area contributed by atoms with Gasteiger partial charge in [-0.05, 0) is 61.4 Å². The van der Waals surface area contributed by atoms with Crippen molar-refractivity contribution >= 4 is 17.3 Å². The zero-order valence-corrected chi connectivity index (χ0v) is 16.9. The van der Waals surface area contributed by atoms with Crippen LogP contribution in [0.25, 0.3) is 0 Å². The molecule has 1 aromatic heterocycles. The van der Waals surface area contributed by atoms with Crippen molar-refractivity contribution in [1.82, 2.24) is 4.98 Å². The van der Waals surface area contributed by atoms with Gasteiger partial charge in [0.15, 0.2) is 6.17 Å². The Morgan fingerprint density at radius 3 is 2.55 bits per heavy atom. The minimum atomic E-state index is -0.471. The molecule has 0 saturated heterocycles. The molecule has 0 saturated carbocycles. The summed E-state index contributed by atoms with van der Waals surface area (Å²) in [4.78, 5) is 19.5. The van der Waals surface area contributed by atoms with Crippen molar-refractivity contribution in [1.29, 1.82) is 0 Å². The number of nitrogens with one attached hydrogen (secondary N) is 1. The molecule has 6 nitrogen and oxygen atoms in total. The minimum Gasteiger partial charge on any atom is -0.497 e. The number of benzene rings is 2. The van der Waals surface area contributed by atoms with E-state index < -0.39 is 6.17 Å². The van der Waals surface area contributed by atoms with Gasteiger partial charge in [-0.2, -0.15) is 0 Å². The Bertz CT molecular complexity index is 1080. The first-order chi connectivity index (χ1) is 14.0. The number of carbonyl (C=O) groups is 1. The molecule has 2 aromatic carbocycles. The molecule has 0 fully saturated rings. The van der Waals surface area contributed by atoms with Crippen molar-refractivity contribution in [2.75, 3.05) is 24.4 Å². The van der Waals surface area contributed by atoms with Gasteiger partial charge in [-0.15, -0.1) is 0 Å². The number of fused-ring (bicyclic) bond motifs is 1. The number of ether oxygens (including phenoxy) is 2. The molecular weight excluding hydrogens is 366 g/mol. The van der Waals surface area contributed by atoms with Gasteiger partial charge in [0.25, 0.3) is 5.91 Å². The maximum atomic E-state index is 13.3. The first-order valence-corrected chi connectivity index (χ1v) is 9.37. The molecule has 1 amide bonds. The highest BCUT2D eigenvalue weighted by molar-refractivity contribution is 6.11. The topological polar surface area (TPSA) is 63.7 Å². The molecule has 0 bridgehead atoms. The van der Waals surface area contributed by atoms with Crippen LogP contribution in [0.4, 0.5) is 11.4 Å². The molecule has 0 radical (unpaired) electrons. The lowest BCUT2D eigenvalue weighted by Gasteiger charge is -2.28. The lowest BCUT2D eigenvalue weighted by Crippen LogP contribution is -2.32. The second kappa shape index (κ2) is 7.47. The van der Waals surface area contributed by atoms with Crippen molar-refractivity contribution in [3.63, 3.8) is 0 Å². The third-order valence-electron chi connectivity index (χ3n) is 5.26. The zero-order valence-electron chi connectivity index (χ0n) is 16.9. The molecule has 29 heavy (non-hydrogen) atoms. The summed E-state index contributed by atoms with van der Waals surface area (Å²) in [5.41, 5.74) is 5.17. The summed E-state index contributed by atoms with van der Waals surface area (Å²) in [6.07, 6.45) is 1.23.